The molecule has 262 valence electrons. The van der Waals surface area contributed by atoms with E-state index in [1.54, 1.807) is 0 Å². The van der Waals surface area contributed by atoms with E-state index in [0.29, 0.717) is 13.3 Å². The number of aliphatic hydroxyl groups excluding tert-OH is 4. The van der Waals surface area contributed by atoms with Crippen LogP contribution in [0.3, 0.4) is 0 Å². The van der Waals surface area contributed by atoms with Crippen LogP contribution in [0.25, 0.3) is 0 Å². The van der Waals surface area contributed by atoms with Crippen molar-refractivity contribution in [2.75, 3.05) is 54.1 Å². The number of aromatic amines is 2. The molecule has 19 nitrogen and oxygen atoms in total. The van der Waals surface area contributed by atoms with Crippen LogP contribution in [0, 0.1) is 0 Å². The number of nitrogens with two attached hydrogens (primary N) is 3. The quantitative estimate of drug-likeness (QED) is 0.0703. The molecule has 0 saturated carbocycles. The molecular formula is C18H34I3N10O9P6-. The second-order valence-corrected chi connectivity index (χ2v) is 36.4. The Balaban J connectivity index is 0.000000424. The number of ketones is 1. The summed E-state index contributed by atoms with van der Waals surface area (Å²) in [6.45, 7) is -0.474. The standard InChI is InChI=1S/C9H18N5O5P3.C9H16N5O4P3.I3/c10-5-7(13-9(11)14-8(5)18)12-1-3(15)6(17)4(16)2-19-22(20)21;10-9-13-7-5(8(17)14-9)12-3(1-11-7)6(16)4(15)2-18-21(19)20;1-3-2/h4,6,16-17H,1-2,10,20-21H2,(H4,11,12,13,14,18);4,6,15-16H,1-2,19-20H2,(H4,10,11,13,14,17);/q;;-1. The third-order valence-electron chi connectivity index (χ3n) is 5.20. The number of H-pyrrole nitrogens is 2. The molecule has 0 aliphatic carbocycles. The second kappa shape index (κ2) is 23.2. The van der Waals surface area contributed by atoms with E-state index >= 15 is 0 Å². The summed E-state index contributed by atoms with van der Waals surface area (Å²) < 4.78 is 10.3. The van der Waals surface area contributed by atoms with Gasteiger partial charge in [-0.3, -0.25) is 24.4 Å². The Bertz CT molecular complexity index is 1430. The number of fused-ring (bicyclic) bond motifs is 1. The largest absolute Gasteiger partial charge is 0.391 e. The van der Waals surface area contributed by atoms with Gasteiger partial charge in [-0.15, -0.1) is 0 Å². The summed E-state index contributed by atoms with van der Waals surface area (Å²) in [5, 5.41) is 44.6. The molecule has 8 unspecified atom stereocenters. The van der Waals surface area contributed by atoms with Gasteiger partial charge in [0, 0.05) is 0 Å². The Kier molecular flexibility index (Phi) is 22.5. The van der Waals surface area contributed by atoms with Crippen molar-refractivity contribution in [3.63, 3.8) is 0 Å². The fraction of sp³-hybridized carbons (Fsp3) is 0.444. The number of halogens is 3. The number of hydrogen-bond acceptors (Lipinski definition) is 17. The van der Waals surface area contributed by atoms with Gasteiger partial charge in [-0.1, -0.05) is 35.7 Å². The topological polar surface area (TPSA) is 322 Å². The summed E-state index contributed by atoms with van der Waals surface area (Å²) in [6.07, 6.45) is -5.39. The van der Waals surface area contributed by atoms with Crippen molar-refractivity contribution in [3.8, 4) is 0 Å². The molecule has 1 aliphatic rings. The number of carbonyl (C=O) groups excluding carboxylic acids is 1. The van der Waals surface area contributed by atoms with Crippen LogP contribution in [0.4, 0.5) is 34.9 Å². The molecule has 28 heteroatoms. The van der Waals surface area contributed by atoms with Crippen molar-refractivity contribution in [3.05, 3.63) is 20.7 Å². The van der Waals surface area contributed by atoms with Crippen LogP contribution in [-0.4, -0.2) is 103 Å². The predicted octanol–water partition coefficient (Wildman–Crippen LogP) is -3.03. The zero-order valence-electron chi connectivity index (χ0n) is 23.4. The monoisotopic (exact) mass is 1100 g/mol. The first-order chi connectivity index (χ1) is 21.5. The Labute approximate surface area is 303 Å². The molecule has 0 spiro atoms. The van der Waals surface area contributed by atoms with Gasteiger partial charge >= 0.3 is 50.5 Å². The summed E-state index contributed by atoms with van der Waals surface area (Å²) in [5.41, 5.74) is 15.1. The van der Waals surface area contributed by atoms with E-state index < -0.39 is 62.9 Å². The summed E-state index contributed by atoms with van der Waals surface area (Å²) in [4.78, 5) is 51.1. The SMILES string of the molecule is I[I-]I.Nc1nc(NCC(=O)C(O)C(O)COP(P)P)c(N)c(=O)[nH]1.Nc1nc2c(c(=O)[nH]1)N=C(C(O)C(O)COP(P)P)CN2. The van der Waals surface area contributed by atoms with Crippen LogP contribution < -0.4 is 52.2 Å². The number of carbonyl (C=O) groups is 1. The molecule has 46 heavy (non-hydrogen) atoms. The normalized spacial score (nSPS) is 14.8. The van der Waals surface area contributed by atoms with Crippen molar-refractivity contribution in [2.45, 2.75) is 24.4 Å². The molecule has 0 amide bonds. The average molecular weight is 1100 g/mol. The Hall–Kier alpha value is 0.630. The molecule has 2 aromatic heterocycles. The van der Waals surface area contributed by atoms with Crippen molar-refractivity contribution in [1.29, 1.82) is 0 Å². The molecule has 8 atom stereocenters. The molecule has 1 aliphatic heterocycles. The molecule has 3 heterocycles. The van der Waals surface area contributed by atoms with Gasteiger partial charge in [-0.05, 0) is 0 Å². The molecule has 0 radical (unpaired) electrons. The number of anilines is 5. The van der Waals surface area contributed by atoms with Crippen molar-refractivity contribution < 1.29 is 47.5 Å². The maximum Gasteiger partial charge on any atom is 0.280 e. The van der Waals surface area contributed by atoms with Gasteiger partial charge in [0.05, 0.1) is 47.1 Å². The Morgan fingerprint density at radius 3 is 2.04 bits per heavy atom. The van der Waals surface area contributed by atoms with E-state index in [2.05, 4.69) is 109 Å². The van der Waals surface area contributed by atoms with Gasteiger partial charge in [0.1, 0.15) is 30.1 Å². The number of nitrogens with zero attached hydrogens (tertiary/aromatic N) is 3. The number of Topliss-reactive ketones (excluding diaryl/α,β-unsaturated/α-hetero) is 1. The zero-order valence-corrected chi connectivity index (χ0v) is 36.3. The van der Waals surface area contributed by atoms with Gasteiger partial charge in [0.25, 0.3) is 11.1 Å². The zero-order chi connectivity index (χ0) is 35.1. The number of aliphatic imine (C=N–C) groups is 1. The molecule has 14 N–H and O–H groups in total. The van der Waals surface area contributed by atoms with Crippen molar-refractivity contribution in [1.82, 2.24) is 19.9 Å². The Morgan fingerprint density at radius 2 is 1.48 bits per heavy atom. The smallest absolute Gasteiger partial charge is 0.280 e. The van der Waals surface area contributed by atoms with E-state index in [4.69, 9.17) is 26.2 Å². The van der Waals surface area contributed by atoms with Gasteiger partial charge in [0.15, 0.2) is 23.1 Å². The fourth-order valence-electron chi connectivity index (χ4n) is 3.09. The molecule has 0 aromatic carbocycles. The summed E-state index contributed by atoms with van der Waals surface area (Å²) in [5.74, 6) is -0.735. The molecule has 2 aromatic rings. The third-order valence-corrected chi connectivity index (χ3v) is 7.88. The van der Waals surface area contributed by atoms with Crippen LogP contribution in [0.1, 0.15) is 0 Å². The molecule has 0 bridgehead atoms. The van der Waals surface area contributed by atoms with Crippen LogP contribution in [0.5, 0.6) is 0 Å². The van der Waals surface area contributed by atoms with Crippen LogP contribution >= 0.6 is 88.0 Å². The fourth-order valence-corrected chi connectivity index (χ4v) is 4.78. The summed E-state index contributed by atoms with van der Waals surface area (Å²) in [7, 11) is 7.98. The van der Waals surface area contributed by atoms with Crippen molar-refractivity contribution >= 4 is 134 Å². The molecule has 0 fully saturated rings. The van der Waals surface area contributed by atoms with Gasteiger partial charge in [-0.2, -0.15) is 9.97 Å². The minimum absolute atomic E-state index is 0.0202. The maximum absolute atomic E-state index is 11.8. The average Bonchev–Trinajstić information content (AvgIpc) is 2.99. The van der Waals surface area contributed by atoms with E-state index in [9.17, 15) is 34.8 Å². The van der Waals surface area contributed by atoms with Gasteiger partial charge in [-0.25, -0.2) is 4.99 Å². The van der Waals surface area contributed by atoms with Gasteiger partial charge in [0.2, 0.25) is 11.9 Å². The van der Waals surface area contributed by atoms with Crippen LogP contribution in [-0.2, 0) is 13.8 Å². The number of rotatable bonds is 13. The Morgan fingerprint density at radius 1 is 0.957 bits per heavy atom. The molecule has 3 rings (SSSR count). The number of nitrogens with one attached hydrogen (secondary N) is 4. The van der Waals surface area contributed by atoms with Crippen molar-refractivity contribution in [2.24, 2.45) is 4.99 Å². The first kappa shape index (κ1) is 44.7. The second-order valence-electron chi connectivity index (χ2n) is 8.53. The number of aliphatic hydroxyl groups is 4. The van der Waals surface area contributed by atoms with E-state index in [1.807, 2.05) is 0 Å². The van der Waals surface area contributed by atoms with E-state index in [0.717, 1.165) is 0 Å². The number of aromatic nitrogens is 4. The number of hydrogen-bond donors (Lipinski definition) is 11. The minimum Gasteiger partial charge on any atom is -0.391 e. The van der Waals surface area contributed by atoms with Crippen LogP contribution in [0.15, 0.2) is 14.6 Å². The maximum atomic E-state index is 11.8. The van der Waals surface area contributed by atoms with E-state index in [-0.39, 0.29) is 60.4 Å². The van der Waals surface area contributed by atoms with Crippen LogP contribution in [0.2, 0.25) is 0 Å². The third kappa shape index (κ3) is 16.1. The predicted molar refractivity (Wildman–Crippen MR) is 209 cm³/mol. The molecular weight excluding hydrogens is 1070 g/mol. The van der Waals surface area contributed by atoms with E-state index in [1.165, 1.54) is 0 Å². The molecule has 0 saturated heterocycles. The first-order valence-corrected chi connectivity index (χ1v) is 33.7. The van der Waals surface area contributed by atoms with Gasteiger partial charge < -0.3 is 57.3 Å². The number of nitrogen functional groups attached to an aromatic ring is 3. The minimum atomic E-state index is -1.64. The first-order valence-electron chi connectivity index (χ1n) is 12.1. The summed E-state index contributed by atoms with van der Waals surface area (Å²) >= 11 is 5.30. The summed E-state index contributed by atoms with van der Waals surface area (Å²) in [6, 6.07) is 0.